The fourth-order valence-electron chi connectivity index (χ4n) is 2.98. The molecule has 0 fully saturated rings. The Morgan fingerprint density at radius 3 is 2.80 bits per heavy atom. The maximum atomic E-state index is 12.5. The lowest BCUT2D eigenvalue weighted by Crippen LogP contribution is -2.23. The first-order valence-corrected chi connectivity index (χ1v) is 10.0. The van der Waals surface area contributed by atoms with Crippen LogP contribution in [0.25, 0.3) is 0 Å². The number of carbonyl (C=O) groups excluding carboxylic acids is 1. The van der Waals surface area contributed by atoms with E-state index in [1.54, 1.807) is 19.4 Å². The molecule has 0 bridgehead atoms. The van der Waals surface area contributed by atoms with Crippen molar-refractivity contribution in [3.8, 4) is 0 Å². The van der Waals surface area contributed by atoms with Crippen LogP contribution in [0.5, 0.6) is 0 Å². The summed E-state index contributed by atoms with van der Waals surface area (Å²) < 4.78 is 10.6. The summed E-state index contributed by atoms with van der Waals surface area (Å²) in [6.45, 7) is 3.38. The van der Waals surface area contributed by atoms with Crippen LogP contribution in [0.4, 0.5) is 11.5 Å². The average molecular weight is 429 g/mol. The number of rotatable bonds is 9. The number of pyridine rings is 1. The van der Waals surface area contributed by atoms with Gasteiger partial charge < -0.3 is 19.4 Å². The zero-order chi connectivity index (χ0) is 21.5. The zero-order valence-electron chi connectivity index (χ0n) is 17.3. The zero-order valence-corrected chi connectivity index (χ0v) is 18.0. The Morgan fingerprint density at radius 1 is 1.30 bits per heavy atom. The normalized spacial score (nSPS) is 11.9. The van der Waals surface area contributed by atoms with E-state index < -0.39 is 0 Å². The molecule has 1 amide bonds. The van der Waals surface area contributed by atoms with E-state index in [1.807, 2.05) is 49.2 Å². The predicted octanol–water partition coefficient (Wildman–Crippen LogP) is 4.40. The quantitative estimate of drug-likeness (QED) is 0.544. The Kier molecular flexibility index (Phi) is 7.43. The second-order valence-corrected chi connectivity index (χ2v) is 7.43. The van der Waals surface area contributed by atoms with Crippen LogP contribution < -0.4 is 10.2 Å². The van der Waals surface area contributed by atoms with E-state index in [4.69, 9.17) is 20.8 Å². The number of aromatic nitrogens is 2. The first-order valence-electron chi connectivity index (χ1n) is 9.64. The molecule has 0 spiro atoms. The molecule has 30 heavy (non-hydrogen) atoms. The Labute approximate surface area is 181 Å². The smallest absolute Gasteiger partial charge is 0.277 e. The van der Waals surface area contributed by atoms with Crippen molar-refractivity contribution in [3.63, 3.8) is 0 Å². The number of ether oxygens (including phenoxy) is 1. The SMILES string of the molecule is COCCN(C)c1ccc(NC(=O)c2coc(CC(C)c3ccccc3Cl)n2)cn1. The molecule has 1 N–H and O–H groups in total. The minimum Gasteiger partial charge on any atom is -0.448 e. The Morgan fingerprint density at radius 2 is 2.10 bits per heavy atom. The van der Waals surface area contributed by atoms with Crippen molar-refractivity contribution in [1.29, 1.82) is 0 Å². The van der Waals surface area contributed by atoms with Gasteiger partial charge in [0.1, 0.15) is 12.1 Å². The van der Waals surface area contributed by atoms with Gasteiger partial charge in [0.2, 0.25) is 0 Å². The molecule has 1 unspecified atom stereocenters. The van der Waals surface area contributed by atoms with Gasteiger partial charge in [0, 0.05) is 32.1 Å². The molecule has 3 aromatic rings. The summed E-state index contributed by atoms with van der Waals surface area (Å²) in [6, 6.07) is 11.3. The molecule has 1 atom stereocenters. The first kappa shape index (κ1) is 21.8. The third kappa shape index (κ3) is 5.58. The van der Waals surface area contributed by atoms with Crippen LogP contribution in [-0.4, -0.2) is 43.2 Å². The Bertz CT molecular complexity index is 975. The highest BCUT2D eigenvalue weighted by Crippen LogP contribution is 2.27. The van der Waals surface area contributed by atoms with E-state index in [2.05, 4.69) is 15.3 Å². The lowest BCUT2D eigenvalue weighted by Gasteiger charge is -2.17. The molecule has 8 heteroatoms. The molecule has 2 aromatic heterocycles. The monoisotopic (exact) mass is 428 g/mol. The number of methoxy groups -OCH3 is 1. The van der Waals surface area contributed by atoms with Gasteiger partial charge in [-0.1, -0.05) is 36.7 Å². The van der Waals surface area contributed by atoms with Gasteiger partial charge >= 0.3 is 0 Å². The number of nitrogens with one attached hydrogen (secondary N) is 1. The van der Waals surface area contributed by atoms with Crippen LogP contribution in [-0.2, 0) is 11.2 Å². The molecule has 158 valence electrons. The second kappa shape index (κ2) is 10.2. The van der Waals surface area contributed by atoms with Crippen molar-refractivity contribution in [2.45, 2.75) is 19.3 Å². The van der Waals surface area contributed by atoms with Gasteiger partial charge in [-0.15, -0.1) is 0 Å². The number of likely N-dealkylation sites (N-methyl/N-ethyl adjacent to an activating group) is 1. The molecule has 7 nitrogen and oxygen atoms in total. The number of anilines is 2. The Hall–Kier alpha value is -2.90. The maximum Gasteiger partial charge on any atom is 0.277 e. The molecular formula is C22H25ClN4O3. The first-order chi connectivity index (χ1) is 14.5. The average Bonchev–Trinajstić information content (AvgIpc) is 3.21. The van der Waals surface area contributed by atoms with Crippen LogP contribution in [0.3, 0.4) is 0 Å². The molecule has 0 saturated heterocycles. The predicted molar refractivity (Wildman–Crippen MR) is 117 cm³/mol. The number of benzene rings is 1. The molecular weight excluding hydrogens is 404 g/mol. The maximum absolute atomic E-state index is 12.5. The van der Waals surface area contributed by atoms with E-state index in [9.17, 15) is 4.79 Å². The molecule has 0 aliphatic heterocycles. The largest absolute Gasteiger partial charge is 0.448 e. The molecule has 0 aliphatic carbocycles. The van der Waals surface area contributed by atoms with Gasteiger partial charge in [-0.3, -0.25) is 4.79 Å². The number of halogens is 1. The van der Waals surface area contributed by atoms with E-state index in [1.165, 1.54) is 6.26 Å². The molecule has 0 saturated carbocycles. The summed E-state index contributed by atoms with van der Waals surface area (Å²) in [4.78, 5) is 23.1. The van der Waals surface area contributed by atoms with Crippen molar-refractivity contribution in [2.75, 3.05) is 37.5 Å². The van der Waals surface area contributed by atoms with Crippen molar-refractivity contribution in [2.24, 2.45) is 0 Å². The lowest BCUT2D eigenvalue weighted by atomic mass is 9.98. The van der Waals surface area contributed by atoms with Crippen molar-refractivity contribution in [3.05, 3.63) is 71.0 Å². The van der Waals surface area contributed by atoms with Crippen LogP contribution in [0.1, 0.15) is 34.8 Å². The fraction of sp³-hybridized carbons (Fsp3) is 0.318. The third-order valence-corrected chi connectivity index (χ3v) is 5.07. The summed E-state index contributed by atoms with van der Waals surface area (Å²) in [5.41, 5.74) is 1.82. The second-order valence-electron chi connectivity index (χ2n) is 7.03. The van der Waals surface area contributed by atoms with Gasteiger partial charge in [-0.05, 0) is 29.7 Å². The van der Waals surface area contributed by atoms with Gasteiger partial charge in [0.25, 0.3) is 5.91 Å². The minimum atomic E-state index is -0.349. The van der Waals surface area contributed by atoms with E-state index in [0.29, 0.717) is 29.6 Å². The molecule has 0 radical (unpaired) electrons. The van der Waals surface area contributed by atoms with Crippen molar-refractivity contribution >= 4 is 29.0 Å². The summed E-state index contributed by atoms with van der Waals surface area (Å²) in [6.07, 6.45) is 3.52. The topological polar surface area (TPSA) is 80.5 Å². The minimum absolute atomic E-state index is 0.111. The number of hydrogen-bond donors (Lipinski definition) is 1. The molecule has 3 rings (SSSR count). The van der Waals surface area contributed by atoms with Crippen LogP contribution in [0.15, 0.2) is 53.3 Å². The highest BCUT2D eigenvalue weighted by Gasteiger charge is 2.17. The van der Waals surface area contributed by atoms with Crippen LogP contribution >= 0.6 is 11.6 Å². The molecule has 2 heterocycles. The van der Waals surface area contributed by atoms with Gasteiger partial charge in [0.05, 0.1) is 18.5 Å². The van der Waals surface area contributed by atoms with Crippen molar-refractivity contribution < 1.29 is 13.9 Å². The van der Waals surface area contributed by atoms with Gasteiger partial charge in [-0.25, -0.2) is 9.97 Å². The third-order valence-electron chi connectivity index (χ3n) is 4.73. The van der Waals surface area contributed by atoms with Crippen LogP contribution in [0, 0.1) is 0 Å². The van der Waals surface area contributed by atoms with Crippen LogP contribution in [0.2, 0.25) is 5.02 Å². The highest BCUT2D eigenvalue weighted by atomic mass is 35.5. The van der Waals surface area contributed by atoms with Gasteiger partial charge in [0.15, 0.2) is 11.6 Å². The molecule has 1 aromatic carbocycles. The number of oxazole rings is 1. The van der Waals surface area contributed by atoms with Crippen molar-refractivity contribution in [1.82, 2.24) is 9.97 Å². The summed E-state index contributed by atoms with van der Waals surface area (Å²) >= 11 is 6.26. The van der Waals surface area contributed by atoms with E-state index >= 15 is 0 Å². The number of hydrogen-bond acceptors (Lipinski definition) is 6. The van der Waals surface area contributed by atoms with E-state index in [0.717, 1.165) is 17.9 Å². The molecule has 0 aliphatic rings. The number of carbonyl (C=O) groups is 1. The summed E-state index contributed by atoms with van der Waals surface area (Å²) in [7, 11) is 3.59. The number of nitrogens with zero attached hydrogens (tertiary/aromatic N) is 3. The highest BCUT2D eigenvalue weighted by molar-refractivity contribution is 6.31. The van der Waals surface area contributed by atoms with E-state index in [-0.39, 0.29) is 17.5 Å². The summed E-state index contributed by atoms with van der Waals surface area (Å²) in [5, 5.41) is 3.49. The standard InChI is InChI=1S/C22H25ClN4O3/c1-15(17-6-4-5-7-18(17)23)12-21-26-19(14-30-21)22(28)25-16-8-9-20(24-13-16)27(2)10-11-29-3/h4-9,13-15H,10-12H2,1-3H3,(H,25,28). The summed E-state index contributed by atoms with van der Waals surface area (Å²) in [5.74, 6) is 1.04. The lowest BCUT2D eigenvalue weighted by molar-refractivity contribution is 0.102. The Balaban J connectivity index is 1.59. The van der Waals surface area contributed by atoms with Gasteiger partial charge in [-0.2, -0.15) is 0 Å². The fourth-order valence-corrected chi connectivity index (χ4v) is 3.30. The number of amides is 1.